The van der Waals surface area contributed by atoms with Gasteiger partial charge in [0.25, 0.3) is 0 Å². The molecule has 1 aromatic heterocycles. The summed E-state index contributed by atoms with van der Waals surface area (Å²) in [6, 6.07) is 10.2. The summed E-state index contributed by atoms with van der Waals surface area (Å²) in [6.45, 7) is 2.56. The van der Waals surface area contributed by atoms with Crippen molar-refractivity contribution < 1.29 is 0 Å². The lowest BCUT2D eigenvalue weighted by Crippen LogP contribution is -2.12. The zero-order valence-electron chi connectivity index (χ0n) is 11.6. The Labute approximate surface area is 146 Å². The first-order chi connectivity index (χ1) is 10.1. The molecule has 0 aliphatic rings. The van der Waals surface area contributed by atoms with Crippen LogP contribution < -0.4 is 5.32 Å². The van der Waals surface area contributed by atoms with Crippen molar-refractivity contribution in [2.75, 3.05) is 10.6 Å². The molecule has 1 heterocycles. The van der Waals surface area contributed by atoms with E-state index in [0.717, 1.165) is 23.1 Å². The standard InChI is InChI=1S/C15H16Br2ClN3/c1-10-20-14(18)13(7-12(17)8-16)15(21-10)19-9-11-5-3-2-4-6-11/h2-6,12H,7-9H2,1H3,(H,19,20,21). The number of alkyl halides is 2. The fourth-order valence-corrected chi connectivity index (χ4v) is 2.79. The maximum absolute atomic E-state index is 6.29. The number of aryl methyl sites for hydroxylation is 1. The summed E-state index contributed by atoms with van der Waals surface area (Å²) in [7, 11) is 0. The molecule has 2 rings (SSSR count). The van der Waals surface area contributed by atoms with E-state index in [1.807, 2.05) is 25.1 Å². The molecular weight excluding hydrogens is 417 g/mol. The van der Waals surface area contributed by atoms with Crippen LogP contribution in [-0.4, -0.2) is 20.1 Å². The Kier molecular flexibility index (Phi) is 6.45. The predicted octanol–water partition coefficient (Wildman–Crippen LogP) is 4.75. The Bertz CT molecular complexity index is 593. The molecular formula is C15H16Br2ClN3. The SMILES string of the molecule is Cc1nc(Cl)c(CC(Br)CBr)c(NCc2ccccc2)n1. The number of benzene rings is 1. The maximum Gasteiger partial charge on any atom is 0.138 e. The highest BCUT2D eigenvalue weighted by Crippen LogP contribution is 2.25. The van der Waals surface area contributed by atoms with Gasteiger partial charge in [0.1, 0.15) is 16.8 Å². The van der Waals surface area contributed by atoms with Crippen molar-refractivity contribution in [3.05, 3.63) is 52.4 Å². The lowest BCUT2D eigenvalue weighted by Gasteiger charge is -2.15. The molecule has 0 spiro atoms. The van der Waals surface area contributed by atoms with Gasteiger partial charge in [-0.25, -0.2) is 9.97 Å². The minimum absolute atomic E-state index is 0.290. The second kappa shape index (κ2) is 8.11. The Morgan fingerprint density at radius 3 is 2.62 bits per heavy atom. The van der Waals surface area contributed by atoms with E-state index in [4.69, 9.17) is 11.6 Å². The molecule has 1 aromatic carbocycles. The molecule has 1 atom stereocenters. The number of hydrogen-bond acceptors (Lipinski definition) is 3. The summed E-state index contributed by atoms with van der Waals surface area (Å²) < 4.78 is 0. The van der Waals surface area contributed by atoms with Gasteiger partial charge in [0.2, 0.25) is 0 Å². The topological polar surface area (TPSA) is 37.8 Å². The van der Waals surface area contributed by atoms with Gasteiger partial charge in [-0.15, -0.1) is 0 Å². The summed E-state index contributed by atoms with van der Waals surface area (Å²) in [5.41, 5.74) is 2.14. The predicted molar refractivity (Wildman–Crippen MR) is 95.8 cm³/mol. The quantitative estimate of drug-likeness (QED) is 0.528. The van der Waals surface area contributed by atoms with Crippen LogP contribution in [-0.2, 0) is 13.0 Å². The second-order valence-corrected chi connectivity index (χ2v) is 6.98. The van der Waals surface area contributed by atoms with Crippen LogP contribution >= 0.6 is 43.5 Å². The summed E-state index contributed by atoms with van der Waals surface area (Å²) in [5, 5.41) is 4.73. The molecule has 1 unspecified atom stereocenters. The minimum atomic E-state index is 0.290. The van der Waals surface area contributed by atoms with Gasteiger partial charge >= 0.3 is 0 Å². The summed E-state index contributed by atoms with van der Waals surface area (Å²) >= 11 is 13.4. The highest BCUT2D eigenvalue weighted by Gasteiger charge is 2.15. The summed E-state index contributed by atoms with van der Waals surface area (Å²) in [4.78, 5) is 9.04. The van der Waals surface area contributed by atoms with Crippen LogP contribution in [0, 0.1) is 6.92 Å². The van der Waals surface area contributed by atoms with Crippen LogP contribution in [0.3, 0.4) is 0 Å². The van der Waals surface area contributed by atoms with Gasteiger partial charge in [-0.05, 0) is 18.9 Å². The van der Waals surface area contributed by atoms with E-state index in [9.17, 15) is 0 Å². The molecule has 0 aliphatic carbocycles. The van der Waals surface area contributed by atoms with E-state index in [-0.39, 0.29) is 0 Å². The van der Waals surface area contributed by atoms with Crippen LogP contribution in [0.1, 0.15) is 17.0 Å². The zero-order chi connectivity index (χ0) is 15.2. The van der Waals surface area contributed by atoms with Gasteiger partial charge in [0, 0.05) is 22.3 Å². The van der Waals surface area contributed by atoms with Gasteiger partial charge in [0.05, 0.1) is 0 Å². The number of halogens is 3. The summed E-state index contributed by atoms with van der Waals surface area (Å²) in [5.74, 6) is 1.48. The summed E-state index contributed by atoms with van der Waals surface area (Å²) in [6.07, 6.45) is 0.765. The smallest absolute Gasteiger partial charge is 0.138 e. The molecule has 2 aromatic rings. The van der Waals surface area contributed by atoms with Crippen molar-refractivity contribution in [2.45, 2.75) is 24.7 Å². The largest absolute Gasteiger partial charge is 0.366 e. The number of hydrogen-bond donors (Lipinski definition) is 1. The first kappa shape index (κ1) is 16.7. The first-order valence-corrected chi connectivity index (χ1v) is 9.02. The van der Waals surface area contributed by atoms with Crippen molar-refractivity contribution in [1.29, 1.82) is 0 Å². The van der Waals surface area contributed by atoms with Crippen molar-refractivity contribution in [2.24, 2.45) is 0 Å². The van der Waals surface area contributed by atoms with Gasteiger partial charge in [-0.3, -0.25) is 0 Å². The lowest BCUT2D eigenvalue weighted by atomic mass is 10.1. The number of aromatic nitrogens is 2. The van der Waals surface area contributed by atoms with Crippen LogP contribution in [0.4, 0.5) is 5.82 Å². The lowest BCUT2D eigenvalue weighted by molar-refractivity contribution is 0.920. The van der Waals surface area contributed by atoms with E-state index >= 15 is 0 Å². The fourth-order valence-electron chi connectivity index (χ4n) is 1.95. The van der Waals surface area contributed by atoms with Crippen LogP contribution in [0.25, 0.3) is 0 Å². The van der Waals surface area contributed by atoms with Crippen molar-refractivity contribution in [1.82, 2.24) is 9.97 Å². The van der Waals surface area contributed by atoms with Crippen LogP contribution in [0.5, 0.6) is 0 Å². The molecule has 0 saturated heterocycles. The Hall–Kier alpha value is -0.650. The van der Waals surface area contributed by atoms with Crippen LogP contribution in [0.2, 0.25) is 5.15 Å². The highest BCUT2D eigenvalue weighted by molar-refractivity contribution is 9.12. The first-order valence-electron chi connectivity index (χ1n) is 6.61. The molecule has 0 amide bonds. The maximum atomic E-state index is 6.29. The molecule has 21 heavy (non-hydrogen) atoms. The average Bonchev–Trinajstić information content (AvgIpc) is 2.49. The van der Waals surface area contributed by atoms with E-state index in [1.54, 1.807) is 0 Å². The number of anilines is 1. The second-order valence-electron chi connectivity index (χ2n) is 4.68. The third kappa shape index (κ3) is 4.94. The third-order valence-electron chi connectivity index (χ3n) is 2.96. The van der Waals surface area contributed by atoms with Gasteiger partial charge < -0.3 is 5.32 Å². The molecule has 1 N–H and O–H groups in total. The number of nitrogens with zero attached hydrogens (tertiary/aromatic N) is 2. The van der Waals surface area contributed by atoms with Crippen LogP contribution in [0.15, 0.2) is 30.3 Å². The third-order valence-corrected chi connectivity index (χ3v) is 5.57. The Morgan fingerprint density at radius 2 is 1.95 bits per heavy atom. The number of nitrogens with one attached hydrogen (secondary N) is 1. The van der Waals surface area contributed by atoms with E-state index < -0.39 is 0 Å². The normalized spacial score (nSPS) is 12.2. The van der Waals surface area contributed by atoms with Gasteiger partial charge in [-0.2, -0.15) is 0 Å². The van der Waals surface area contributed by atoms with Crippen molar-refractivity contribution >= 4 is 49.3 Å². The van der Waals surface area contributed by atoms with E-state index in [2.05, 4.69) is 59.3 Å². The average molecular weight is 434 g/mol. The number of rotatable bonds is 6. The van der Waals surface area contributed by atoms with E-state index in [1.165, 1.54) is 5.56 Å². The Morgan fingerprint density at radius 1 is 1.24 bits per heavy atom. The molecule has 0 radical (unpaired) electrons. The molecule has 0 saturated carbocycles. The van der Waals surface area contributed by atoms with Gasteiger partial charge in [-0.1, -0.05) is 73.8 Å². The molecule has 0 fully saturated rings. The monoisotopic (exact) mass is 431 g/mol. The van der Waals surface area contributed by atoms with Crippen molar-refractivity contribution in [3.63, 3.8) is 0 Å². The molecule has 3 nitrogen and oxygen atoms in total. The molecule has 0 bridgehead atoms. The molecule has 0 aliphatic heterocycles. The van der Waals surface area contributed by atoms with E-state index in [0.29, 0.717) is 22.3 Å². The highest BCUT2D eigenvalue weighted by atomic mass is 79.9. The van der Waals surface area contributed by atoms with Crippen molar-refractivity contribution in [3.8, 4) is 0 Å². The minimum Gasteiger partial charge on any atom is -0.366 e. The van der Waals surface area contributed by atoms with Gasteiger partial charge in [0.15, 0.2) is 0 Å². The molecule has 6 heteroatoms. The zero-order valence-corrected chi connectivity index (χ0v) is 15.5. The fraction of sp³-hybridized carbons (Fsp3) is 0.333. The Balaban J connectivity index is 2.20. The molecule has 112 valence electrons.